The Morgan fingerprint density at radius 3 is 2.50 bits per heavy atom. The van der Waals surface area contributed by atoms with Gasteiger partial charge in [-0.1, -0.05) is 12.8 Å². The third-order valence-corrected chi connectivity index (χ3v) is 4.46. The third-order valence-electron chi connectivity index (χ3n) is 4.46. The van der Waals surface area contributed by atoms with Crippen molar-refractivity contribution in [2.45, 2.75) is 31.7 Å². The van der Waals surface area contributed by atoms with E-state index in [1.54, 1.807) is 22.1 Å². The number of nitrogens with one attached hydrogen (secondary N) is 1. The third kappa shape index (κ3) is 3.37. The van der Waals surface area contributed by atoms with Crippen LogP contribution in [0.1, 0.15) is 36.2 Å². The molecule has 1 N–H and O–H groups in total. The van der Waals surface area contributed by atoms with Crippen molar-refractivity contribution in [3.05, 3.63) is 24.0 Å². The number of carbonyl (C=O) groups excluding carboxylic acids is 2. The average Bonchev–Trinajstić information content (AvgIpc) is 3.08. The van der Waals surface area contributed by atoms with E-state index in [0.717, 1.165) is 12.1 Å². The highest BCUT2D eigenvalue weighted by Crippen LogP contribution is 2.22. The van der Waals surface area contributed by atoms with Gasteiger partial charge in [0.15, 0.2) is 0 Å². The predicted octanol–water partition coefficient (Wildman–Crippen LogP) is 1.35. The van der Waals surface area contributed by atoms with E-state index >= 15 is 0 Å². The van der Waals surface area contributed by atoms with Crippen molar-refractivity contribution in [3.63, 3.8) is 0 Å². The van der Waals surface area contributed by atoms with Crippen molar-refractivity contribution in [2.24, 2.45) is 0 Å². The maximum atomic E-state index is 12.4. The summed E-state index contributed by atoms with van der Waals surface area (Å²) in [6.45, 7) is 2.33. The lowest BCUT2D eigenvalue weighted by atomic mass is 10.2. The smallest absolute Gasteiger partial charge is 0.272 e. The van der Waals surface area contributed by atoms with E-state index < -0.39 is 0 Å². The lowest BCUT2D eigenvalue weighted by Crippen LogP contribution is -2.48. The molecule has 3 rings (SSSR count). The molecule has 0 atom stereocenters. The molecule has 118 valence electrons. The van der Waals surface area contributed by atoms with Crippen molar-refractivity contribution < 1.29 is 9.59 Å². The molecule has 0 bridgehead atoms. The van der Waals surface area contributed by atoms with Crippen molar-refractivity contribution in [1.82, 2.24) is 14.8 Å². The number of anilines is 1. The topological polar surface area (TPSA) is 65.5 Å². The first-order valence-corrected chi connectivity index (χ1v) is 7.97. The Kier molecular flexibility index (Phi) is 4.56. The number of pyridine rings is 1. The zero-order chi connectivity index (χ0) is 15.4. The number of piperazine rings is 1. The summed E-state index contributed by atoms with van der Waals surface area (Å²) in [7, 11) is 0. The van der Waals surface area contributed by atoms with Crippen LogP contribution in [-0.4, -0.2) is 59.3 Å². The molecule has 2 fully saturated rings. The first-order chi connectivity index (χ1) is 10.8. The molecular weight excluding hydrogens is 280 g/mol. The van der Waals surface area contributed by atoms with Gasteiger partial charge in [0.2, 0.25) is 6.41 Å². The fraction of sp³-hybridized carbons (Fsp3) is 0.562. The van der Waals surface area contributed by atoms with Crippen molar-refractivity contribution in [1.29, 1.82) is 0 Å². The van der Waals surface area contributed by atoms with Crippen molar-refractivity contribution in [2.75, 3.05) is 31.5 Å². The zero-order valence-electron chi connectivity index (χ0n) is 12.7. The van der Waals surface area contributed by atoms with Crippen LogP contribution in [0.25, 0.3) is 0 Å². The molecule has 1 aromatic rings. The minimum atomic E-state index is -0.0574. The van der Waals surface area contributed by atoms with Crippen LogP contribution in [0.3, 0.4) is 0 Å². The van der Waals surface area contributed by atoms with E-state index in [4.69, 9.17) is 0 Å². The van der Waals surface area contributed by atoms with E-state index in [1.165, 1.54) is 25.7 Å². The summed E-state index contributed by atoms with van der Waals surface area (Å²) in [6.07, 6.45) is 7.57. The Morgan fingerprint density at radius 2 is 1.91 bits per heavy atom. The standard InChI is InChI=1S/C16H22N4O2/c21-12-19-7-9-20(10-8-19)16(22)15-6-5-14(11-17-15)18-13-3-1-2-4-13/h5-6,11-13,18H,1-4,7-10H2. The minimum Gasteiger partial charge on any atom is -0.381 e. The normalized spacial score (nSPS) is 19.3. The second kappa shape index (κ2) is 6.77. The van der Waals surface area contributed by atoms with Gasteiger partial charge in [-0.2, -0.15) is 0 Å². The van der Waals surface area contributed by atoms with Crippen molar-refractivity contribution >= 4 is 18.0 Å². The van der Waals surface area contributed by atoms with Crippen LogP contribution < -0.4 is 5.32 Å². The molecule has 1 aromatic heterocycles. The predicted molar refractivity (Wildman–Crippen MR) is 83.7 cm³/mol. The monoisotopic (exact) mass is 302 g/mol. The summed E-state index contributed by atoms with van der Waals surface area (Å²) in [5.74, 6) is -0.0574. The van der Waals surface area contributed by atoms with Crippen molar-refractivity contribution in [3.8, 4) is 0 Å². The number of nitrogens with zero attached hydrogens (tertiary/aromatic N) is 3. The summed E-state index contributed by atoms with van der Waals surface area (Å²) >= 11 is 0. The molecule has 1 saturated carbocycles. The molecule has 0 spiro atoms. The molecule has 2 amide bonds. The summed E-state index contributed by atoms with van der Waals surface area (Å²) in [6, 6.07) is 4.26. The van der Waals surface area contributed by atoms with Gasteiger partial charge in [-0.15, -0.1) is 0 Å². The maximum absolute atomic E-state index is 12.4. The second-order valence-electron chi connectivity index (χ2n) is 5.99. The van der Waals surface area contributed by atoms with Gasteiger partial charge in [0, 0.05) is 32.2 Å². The van der Waals surface area contributed by atoms with Gasteiger partial charge in [-0.3, -0.25) is 9.59 Å². The summed E-state index contributed by atoms with van der Waals surface area (Å²) in [4.78, 5) is 30.8. The molecule has 2 aliphatic rings. The number of rotatable bonds is 4. The van der Waals surface area contributed by atoms with Gasteiger partial charge < -0.3 is 15.1 Å². The van der Waals surface area contributed by atoms with E-state index in [2.05, 4.69) is 10.3 Å². The van der Waals surface area contributed by atoms with E-state index in [0.29, 0.717) is 37.9 Å². The van der Waals surface area contributed by atoms with Crippen LogP contribution in [0.2, 0.25) is 0 Å². The second-order valence-corrected chi connectivity index (χ2v) is 5.99. The van der Waals surface area contributed by atoms with Gasteiger partial charge in [0.05, 0.1) is 11.9 Å². The molecule has 1 saturated heterocycles. The molecule has 1 aliphatic carbocycles. The van der Waals surface area contributed by atoms with Crippen LogP contribution in [-0.2, 0) is 4.79 Å². The van der Waals surface area contributed by atoms with Crippen LogP contribution in [0.15, 0.2) is 18.3 Å². The Balaban J connectivity index is 1.57. The molecule has 0 radical (unpaired) electrons. The zero-order valence-corrected chi connectivity index (χ0v) is 12.7. The molecule has 1 aliphatic heterocycles. The molecule has 0 aromatic carbocycles. The van der Waals surface area contributed by atoms with Crippen LogP contribution >= 0.6 is 0 Å². The number of aromatic nitrogens is 1. The van der Waals surface area contributed by atoms with Gasteiger partial charge >= 0.3 is 0 Å². The van der Waals surface area contributed by atoms with Crippen LogP contribution in [0.4, 0.5) is 5.69 Å². The van der Waals surface area contributed by atoms with Crippen LogP contribution in [0, 0.1) is 0 Å². The first-order valence-electron chi connectivity index (χ1n) is 7.97. The number of carbonyl (C=O) groups is 2. The molecule has 2 heterocycles. The Hall–Kier alpha value is -2.11. The lowest BCUT2D eigenvalue weighted by Gasteiger charge is -2.32. The van der Waals surface area contributed by atoms with Gasteiger partial charge in [0.25, 0.3) is 5.91 Å². The fourth-order valence-corrected chi connectivity index (χ4v) is 3.10. The van der Waals surface area contributed by atoms with Gasteiger partial charge in [-0.25, -0.2) is 4.98 Å². The highest BCUT2D eigenvalue weighted by atomic mass is 16.2. The molecule has 22 heavy (non-hydrogen) atoms. The summed E-state index contributed by atoms with van der Waals surface area (Å²) in [5.41, 5.74) is 1.45. The largest absolute Gasteiger partial charge is 0.381 e. The van der Waals surface area contributed by atoms with E-state index in [-0.39, 0.29) is 5.91 Å². The minimum absolute atomic E-state index is 0.0574. The quantitative estimate of drug-likeness (QED) is 0.853. The number of amides is 2. The van der Waals surface area contributed by atoms with Gasteiger partial charge in [-0.05, 0) is 25.0 Å². The Morgan fingerprint density at radius 1 is 1.18 bits per heavy atom. The SMILES string of the molecule is O=CN1CCN(C(=O)c2ccc(NC3CCCC3)cn2)CC1. The molecule has 6 nitrogen and oxygen atoms in total. The van der Waals surface area contributed by atoms with E-state index in [1.807, 2.05) is 6.07 Å². The first kappa shape index (κ1) is 14.8. The number of hydrogen-bond donors (Lipinski definition) is 1. The molecule has 6 heteroatoms. The lowest BCUT2D eigenvalue weighted by molar-refractivity contribution is -0.119. The summed E-state index contributed by atoms with van der Waals surface area (Å²) in [5, 5.41) is 3.47. The molecular formula is C16H22N4O2. The highest BCUT2D eigenvalue weighted by Gasteiger charge is 2.22. The molecule has 0 unspecified atom stereocenters. The Labute approximate surface area is 130 Å². The fourth-order valence-electron chi connectivity index (χ4n) is 3.10. The average molecular weight is 302 g/mol. The van der Waals surface area contributed by atoms with Crippen LogP contribution in [0.5, 0.6) is 0 Å². The van der Waals surface area contributed by atoms with E-state index in [9.17, 15) is 9.59 Å². The number of hydrogen-bond acceptors (Lipinski definition) is 4. The Bertz CT molecular complexity index is 517. The highest BCUT2D eigenvalue weighted by molar-refractivity contribution is 5.92. The summed E-state index contributed by atoms with van der Waals surface area (Å²) < 4.78 is 0. The maximum Gasteiger partial charge on any atom is 0.272 e. The van der Waals surface area contributed by atoms with Gasteiger partial charge in [0.1, 0.15) is 5.69 Å².